The van der Waals surface area contributed by atoms with Gasteiger partial charge in [-0.3, -0.25) is 4.79 Å². The van der Waals surface area contributed by atoms with Crippen molar-refractivity contribution < 1.29 is 19.0 Å². The van der Waals surface area contributed by atoms with E-state index in [0.717, 1.165) is 25.2 Å². The van der Waals surface area contributed by atoms with Gasteiger partial charge < -0.3 is 19.5 Å². The van der Waals surface area contributed by atoms with Crippen LogP contribution >= 0.6 is 27.5 Å². The highest BCUT2D eigenvalue weighted by atomic mass is 79.9. The number of carbonyl (C=O) groups is 1. The summed E-state index contributed by atoms with van der Waals surface area (Å²) < 4.78 is 17.4. The molecule has 0 saturated carbocycles. The first-order valence-electron chi connectivity index (χ1n) is 8.32. The van der Waals surface area contributed by atoms with Crippen molar-refractivity contribution in [3.8, 4) is 11.5 Å². The van der Waals surface area contributed by atoms with Crippen molar-refractivity contribution >= 4 is 39.1 Å². The maximum Gasteiger partial charge on any atom is 0.262 e. The van der Waals surface area contributed by atoms with Gasteiger partial charge in [0.15, 0.2) is 6.61 Å². The van der Waals surface area contributed by atoms with Gasteiger partial charge in [-0.25, -0.2) is 0 Å². The van der Waals surface area contributed by atoms with Gasteiger partial charge in [0.2, 0.25) is 0 Å². The monoisotopic (exact) mass is 439 g/mol. The molecule has 5 nitrogen and oxygen atoms in total. The molecule has 0 unspecified atom stereocenters. The molecule has 1 amide bonds. The Morgan fingerprint density at radius 1 is 1.23 bits per heavy atom. The van der Waals surface area contributed by atoms with Crippen molar-refractivity contribution in [2.24, 2.45) is 0 Å². The van der Waals surface area contributed by atoms with Crippen LogP contribution in [0.3, 0.4) is 0 Å². The van der Waals surface area contributed by atoms with Crippen LogP contribution in [-0.4, -0.2) is 31.8 Å². The van der Waals surface area contributed by atoms with Crippen LogP contribution in [0.4, 0.5) is 5.69 Å². The van der Waals surface area contributed by atoms with Gasteiger partial charge in [0.05, 0.1) is 10.6 Å². The molecule has 2 aromatic rings. The third-order valence-electron chi connectivity index (χ3n) is 3.85. The highest BCUT2D eigenvalue weighted by molar-refractivity contribution is 9.10. The molecule has 2 aromatic carbocycles. The predicted octanol–water partition coefficient (Wildman–Crippen LogP) is 4.68. The van der Waals surface area contributed by atoms with Crippen LogP contribution in [-0.2, 0) is 9.53 Å². The zero-order valence-electron chi connectivity index (χ0n) is 14.0. The number of anilines is 1. The van der Waals surface area contributed by atoms with E-state index in [1.165, 1.54) is 0 Å². The summed E-state index contributed by atoms with van der Waals surface area (Å²) >= 11 is 9.22. The normalized spacial score (nSPS) is 16.3. The first-order chi connectivity index (χ1) is 12.6. The number of halogens is 2. The Hall–Kier alpha value is -1.76. The zero-order valence-corrected chi connectivity index (χ0v) is 16.4. The Morgan fingerprint density at radius 3 is 2.73 bits per heavy atom. The molecule has 1 aliphatic heterocycles. The van der Waals surface area contributed by atoms with E-state index in [-0.39, 0.29) is 18.6 Å². The van der Waals surface area contributed by atoms with Gasteiger partial charge in [-0.15, -0.1) is 0 Å². The van der Waals surface area contributed by atoms with E-state index in [1.807, 2.05) is 12.1 Å². The minimum atomic E-state index is -0.250. The summed E-state index contributed by atoms with van der Waals surface area (Å²) in [5.41, 5.74) is 0.679. The molecule has 1 aliphatic rings. The highest BCUT2D eigenvalue weighted by Gasteiger charge is 2.16. The van der Waals surface area contributed by atoms with E-state index >= 15 is 0 Å². The quantitative estimate of drug-likeness (QED) is 0.679. The van der Waals surface area contributed by atoms with Crippen LogP contribution in [0.5, 0.6) is 11.5 Å². The maximum absolute atomic E-state index is 12.0. The van der Waals surface area contributed by atoms with Gasteiger partial charge >= 0.3 is 0 Å². The van der Waals surface area contributed by atoms with Crippen molar-refractivity contribution in [2.75, 3.05) is 25.1 Å². The fourth-order valence-electron chi connectivity index (χ4n) is 2.53. The molecule has 1 saturated heterocycles. The van der Waals surface area contributed by atoms with E-state index in [0.29, 0.717) is 27.5 Å². The summed E-state index contributed by atoms with van der Waals surface area (Å²) in [5, 5.41) is 3.37. The third kappa shape index (κ3) is 5.62. The SMILES string of the molecule is O=C(COc1ccc(Cl)cc1Br)Nc1ccc(OC[C@@H]2CCCO2)cc1. The number of carbonyl (C=O) groups excluding carboxylic acids is 1. The average Bonchev–Trinajstić information content (AvgIpc) is 3.14. The van der Waals surface area contributed by atoms with Gasteiger partial charge in [0, 0.05) is 17.3 Å². The lowest BCUT2D eigenvalue weighted by atomic mass is 10.2. The second-order valence-electron chi connectivity index (χ2n) is 5.88. The summed E-state index contributed by atoms with van der Waals surface area (Å²) in [6.45, 7) is 1.26. The molecule has 138 valence electrons. The fourth-order valence-corrected chi connectivity index (χ4v) is 3.33. The topological polar surface area (TPSA) is 56.8 Å². The summed E-state index contributed by atoms with van der Waals surface area (Å²) in [7, 11) is 0. The summed E-state index contributed by atoms with van der Waals surface area (Å²) in [5.74, 6) is 1.06. The minimum absolute atomic E-state index is 0.0997. The zero-order chi connectivity index (χ0) is 18.4. The highest BCUT2D eigenvalue weighted by Crippen LogP contribution is 2.28. The Kier molecular flexibility index (Phi) is 6.77. The second kappa shape index (κ2) is 9.26. The van der Waals surface area contributed by atoms with Gasteiger partial charge in [-0.1, -0.05) is 11.6 Å². The molecular weight excluding hydrogens is 422 g/mol. The van der Waals surface area contributed by atoms with Crippen LogP contribution in [0, 0.1) is 0 Å². The fraction of sp³-hybridized carbons (Fsp3) is 0.316. The Morgan fingerprint density at radius 2 is 2.04 bits per heavy atom. The Labute approximate surface area is 165 Å². The van der Waals surface area contributed by atoms with Crippen LogP contribution in [0.15, 0.2) is 46.9 Å². The van der Waals surface area contributed by atoms with Gasteiger partial charge in [-0.05, 0) is 71.2 Å². The second-order valence-corrected chi connectivity index (χ2v) is 7.17. The molecule has 3 rings (SSSR count). The van der Waals surface area contributed by atoms with Crippen molar-refractivity contribution in [2.45, 2.75) is 18.9 Å². The smallest absolute Gasteiger partial charge is 0.262 e. The molecule has 7 heteroatoms. The van der Waals surface area contributed by atoms with E-state index in [1.54, 1.807) is 30.3 Å². The van der Waals surface area contributed by atoms with Crippen LogP contribution in [0.2, 0.25) is 5.02 Å². The molecule has 1 heterocycles. The lowest BCUT2D eigenvalue weighted by molar-refractivity contribution is -0.118. The van der Waals surface area contributed by atoms with Crippen LogP contribution < -0.4 is 14.8 Å². The number of amides is 1. The number of benzene rings is 2. The molecule has 1 atom stereocenters. The average molecular weight is 441 g/mol. The molecule has 0 aliphatic carbocycles. The van der Waals surface area contributed by atoms with Gasteiger partial charge in [0.1, 0.15) is 18.1 Å². The van der Waals surface area contributed by atoms with Crippen LogP contribution in [0.25, 0.3) is 0 Å². The van der Waals surface area contributed by atoms with E-state index in [9.17, 15) is 4.79 Å². The van der Waals surface area contributed by atoms with Gasteiger partial charge in [-0.2, -0.15) is 0 Å². The predicted molar refractivity (Wildman–Crippen MR) is 104 cm³/mol. The summed E-state index contributed by atoms with van der Waals surface area (Å²) in [6, 6.07) is 12.4. The summed E-state index contributed by atoms with van der Waals surface area (Å²) in [6.07, 6.45) is 2.31. The number of rotatable bonds is 7. The number of nitrogens with one attached hydrogen (secondary N) is 1. The molecule has 0 aromatic heterocycles. The molecule has 1 N–H and O–H groups in total. The number of hydrogen-bond acceptors (Lipinski definition) is 4. The molecule has 0 spiro atoms. The number of ether oxygens (including phenoxy) is 3. The number of hydrogen-bond donors (Lipinski definition) is 1. The van der Waals surface area contributed by atoms with Crippen LogP contribution in [0.1, 0.15) is 12.8 Å². The molecule has 26 heavy (non-hydrogen) atoms. The van der Waals surface area contributed by atoms with E-state index in [4.69, 9.17) is 25.8 Å². The third-order valence-corrected chi connectivity index (χ3v) is 4.71. The lowest BCUT2D eigenvalue weighted by Crippen LogP contribution is -2.20. The lowest BCUT2D eigenvalue weighted by Gasteiger charge is -2.12. The Balaban J connectivity index is 1.44. The molecule has 1 fully saturated rings. The first-order valence-corrected chi connectivity index (χ1v) is 9.49. The van der Waals surface area contributed by atoms with Crippen molar-refractivity contribution in [1.82, 2.24) is 0 Å². The van der Waals surface area contributed by atoms with Crippen molar-refractivity contribution in [3.05, 3.63) is 52.0 Å². The standard InChI is InChI=1S/C19H19BrClNO4/c20-17-10-13(21)3-8-18(17)26-12-19(23)22-14-4-6-15(7-5-14)25-11-16-2-1-9-24-16/h3-8,10,16H,1-2,9,11-12H2,(H,22,23)/t16-/m0/s1. The van der Waals surface area contributed by atoms with Crippen molar-refractivity contribution in [1.29, 1.82) is 0 Å². The first kappa shape index (κ1) is 19.0. The van der Waals surface area contributed by atoms with Crippen molar-refractivity contribution in [3.63, 3.8) is 0 Å². The molecule has 0 radical (unpaired) electrons. The molecular formula is C19H19BrClNO4. The minimum Gasteiger partial charge on any atom is -0.491 e. The van der Waals surface area contributed by atoms with Gasteiger partial charge in [0.25, 0.3) is 5.91 Å². The molecule has 0 bridgehead atoms. The van der Waals surface area contributed by atoms with E-state index in [2.05, 4.69) is 21.2 Å². The largest absolute Gasteiger partial charge is 0.491 e. The Bertz CT molecular complexity index is 748. The maximum atomic E-state index is 12.0. The van der Waals surface area contributed by atoms with E-state index < -0.39 is 0 Å². The summed E-state index contributed by atoms with van der Waals surface area (Å²) in [4.78, 5) is 12.0.